The summed E-state index contributed by atoms with van der Waals surface area (Å²) in [5, 5.41) is 4.96. The third-order valence-electron chi connectivity index (χ3n) is 4.60. The number of likely N-dealkylation sites (N-methyl/N-ethyl adjacent to an activating group) is 1. The van der Waals surface area contributed by atoms with Crippen LogP contribution in [0.1, 0.15) is 17.2 Å². The zero-order chi connectivity index (χ0) is 20.1. The van der Waals surface area contributed by atoms with Crippen LogP contribution in [0.2, 0.25) is 0 Å². The van der Waals surface area contributed by atoms with Crippen LogP contribution in [0.3, 0.4) is 0 Å². The molecule has 4 rings (SSSR count). The molecule has 4 aromatic rings. The van der Waals surface area contributed by atoms with Gasteiger partial charge in [-0.3, -0.25) is 4.79 Å². The van der Waals surface area contributed by atoms with Crippen LogP contribution in [-0.2, 0) is 11.2 Å². The highest BCUT2D eigenvalue weighted by Gasteiger charge is 2.09. The Morgan fingerprint density at radius 1 is 1.14 bits per heavy atom. The summed E-state index contributed by atoms with van der Waals surface area (Å²) in [6.07, 6.45) is 4.91. The van der Waals surface area contributed by atoms with Gasteiger partial charge in [0.25, 0.3) is 0 Å². The van der Waals surface area contributed by atoms with Crippen LogP contribution in [0.5, 0.6) is 0 Å². The van der Waals surface area contributed by atoms with Gasteiger partial charge in [-0.2, -0.15) is 0 Å². The van der Waals surface area contributed by atoms with E-state index in [-0.39, 0.29) is 5.91 Å². The van der Waals surface area contributed by atoms with E-state index in [0.29, 0.717) is 6.54 Å². The number of hydrogen-bond acceptors (Lipinski definition) is 5. The molecule has 1 amide bonds. The lowest BCUT2D eigenvalue weighted by Crippen LogP contribution is -2.26. The number of benzene rings is 2. The number of carbonyl (C=O) groups is 1. The van der Waals surface area contributed by atoms with Crippen LogP contribution in [0, 0.1) is 0 Å². The number of aryl methyl sites for hydroxylation is 1. The molecule has 0 saturated carbocycles. The Bertz CT molecular complexity index is 1100. The number of nitrogens with zero attached hydrogens (tertiary/aromatic N) is 3. The standard InChI is InChI=1S/C23H21N3O2S/c1-26(23(27)14-13-22-24-19-11-5-6-12-21(19)29-22)15-7-10-18-16-20(25-28-18)17-8-3-2-4-9-17/h2-6,8-9,11-14,16H,7,10,15H2,1H3/b14-13+. The van der Waals surface area contributed by atoms with Gasteiger partial charge >= 0.3 is 0 Å². The third-order valence-corrected chi connectivity index (χ3v) is 5.60. The summed E-state index contributed by atoms with van der Waals surface area (Å²) in [4.78, 5) is 18.6. The maximum absolute atomic E-state index is 12.3. The minimum absolute atomic E-state index is 0.0354. The molecule has 0 saturated heterocycles. The molecule has 2 aromatic carbocycles. The molecule has 0 radical (unpaired) electrons. The molecule has 0 aliphatic carbocycles. The maximum atomic E-state index is 12.3. The molecule has 0 spiro atoms. The van der Waals surface area contributed by atoms with Crippen molar-refractivity contribution in [2.75, 3.05) is 13.6 Å². The molecule has 0 aliphatic heterocycles. The minimum Gasteiger partial charge on any atom is -0.361 e. The van der Waals surface area contributed by atoms with Gasteiger partial charge in [-0.05, 0) is 24.6 Å². The van der Waals surface area contributed by atoms with E-state index in [1.165, 1.54) is 0 Å². The molecule has 29 heavy (non-hydrogen) atoms. The lowest BCUT2D eigenvalue weighted by molar-refractivity contribution is -0.124. The van der Waals surface area contributed by atoms with E-state index < -0.39 is 0 Å². The summed E-state index contributed by atoms with van der Waals surface area (Å²) in [5.74, 6) is 0.793. The Kier molecular flexibility index (Phi) is 5.81. The summed E-state index contributed by atoms with van der Waals surface area (Å²) in [6, 6.07) is 19.9. The van der Waals surface area contributed by atoms with Crippen molar-refractivity contribution in [3.63, 3.8) is 0 Å². The molecule has 146 valence electrons. The summed E-state index contributed by atoms with van der Waals surface area (Å²) in [7, 11) is 1.81. The van der Waals surface area contributed by atoms with Gasteiger partial charge in [0.15, 0.2) is 0 Å². The molecular formula is C23H21N3O2S. The van der Waals surface area contributed by atoms with Gasteiger partial charge in [-0.25, -0.2) is 4.98 Å². The van der Waals surface area contributed by atoms with Crippen molar-refractivity contribution < 1.29 is 9.32 Å². The fourth-order valence-corrected chi connectivity index (χ4v) is 3.88. The molecule has 0 bridgehead atoms. The smallest absolute Gasteiger partial charge is 0.246 e. The lowest BCUT2D eigenvalue weighted by Gasteiger charge is -2.14. The molecule has 2 heterocycles. The number of fused-ring (bicyclic) bond motifs is 1. The highest BCUT2D eigenvalue weighted by atomic mass is 32.1. The van der Waals surface area contributed by atoms with E-state index in [1.54, 1.807) is 35.4 Å². The van der Waals surface area contributed by atoms with Crippen molar-refractivity contribution in [3.8, 4) is 11.3 Å². The van der Waals surface area contributed by atoms with E-state index in [9.17, 15) is 4.79 Å². The van der Waals surface area contributed by atoms with Crippen molar-refractivity contribution in [1.82, 2.24) is 15.0 Å². The Morgan fingerprint density at radius 3 is 2.76 bits per heavy atom. The van der Waals surface area contributed by atoms with Gasteiger partial charge in [0.2, 0.25) is 5.91 Å². The highest BCUT2D eigenvalue weighted by Crippen LogP contribution is 2.22. The quantitative estimate of drug-likeness (QED) is 0.405. The fourth-order valence-electron chi connectivity index (χ4n) is 3.01. The van der Waals surface area contributed by atoms with E-state index in [4.69, 9.17) is 4.52 Å². The minimum atomic E-state index is -0.0354. The Labute approximate surface area is 173 Å². The van der Waals surface area contributed by atoms with Gasteiger partial charge < -0.3 is 9.42 Å². The summed E-state index contributed by atoms with van der Waals surface area (Å²) in [5.41, 5.74) is 2.83. The van der Waals surface area contributed by atoms with Gasteiger partial charge in [0.1, 0.15) is 16.5 Å². The number of rotatable bonds is 7. The van der Waals surface area contributed by atoms with Gasteiger partial charge in [-0.1, -0.05) is 47.6 Å². The van der Waals surface area contributed by atoms with E-state index in [2.05, 4.69) is 10.1 Å². The van der Waals surface area contributed by atoms with Crippen LogP contribution in [-0.4, -0.2) is 34.5 Å². The molecular weight excluding hydrogens is 382 g/mol. The van der Waals surface area contributed by atoms with Crippen molar-refractivity contribution in [2.45, 2.75) is 12.8 Å². The second kappa shape index (κ2) is 8.84. The molecule has 5 nitrogen and oxygen atoms in total. The average molecular weight is 404 g/mol. The number of para-hydroxylation sites is 1. The maximum Gasteiger partial charge on any atom is 0.246 e. The number of carbonyl (C=O) groups excluding carboxylic acids is 1. The number of amides is 1. The molecule has 6 heteroatoms. The van der Waals surface area contributed by atoms with Crippen molar-refractivity contribution in [2.24, 2.45) is 0 Å². The van der Waals surface area contributed by atoms with Crippen LogP contribution in [0.15, 0.2) is 71.3 Å². The van der Waals surface area contributed by atoms with Crippen molar-refractivity contribution in [3.05, 3.63) is 77.5 Å². The Balaban J connectivity index is 1.27. The fraction of sp³-hybridized carbons (Fsp3) is 0.174. The molecule has 0 aliphatic rings. The van der Waals surface area contributed by atoms with Crippen molar-refractivity contribution in [1.29, 1.82) is 0 Å². The van der Waals surface area contributed by atoms with E-state index in [1.807, 2.05) is 60.7 Å². The molecule has 0 atom stereocenters. The third kappa shape index (κ3) is 4.78. The molecule has 0 N–H and O–H groups in total. The van der Waals surface area contributed by atoms with Crippen molar-refractivity contribution >= 4 is 33.5 Å². The second-order valence-corrected chi connectivity index (χ2v) is 7.82. The van der Waals surface area contributed by atoms with Crippen LogP contribution < -0.4 is 0 Å². The Hall–Kier alpha value is -3.25. The first-order valence-corrected chi connectivity index (χ1v) is 10.3. The van der Waals surface area contributed by atoms with E-state index in [0.717, 1.165) is 45.1 Å². The second-order valence-electron chi connectivity index (χ2n) is 6.76. The first-order valence-electron chi connectivity index (χ1n) is 9.49. The molecule has 0 unspecified atom stereocenters. The first kappa shape index (κ1) is 19.1. The normalized spacial score (nSPS) is 11.3. The van der Waals surface area contributed by atoms with Gasteiger partial charge in [-0.15, -0.1) is 11.3 Å². The monoisotopic (exact) mass is 403 g/mol. The SMILES string of the molecule is CN(CCCc1cc(-c2ccccc2)no1)C(=O)/C=C/c1nc2ccccc2s1. The summed E-state index contributed by atoms with van der Waals surface area (Å²) >= 11 is 1.58. The van der Waals surface area contributed by atoms with E-state index >= 15 is 0 Å². The Morgan fingerprint density at radius 2 is 1.93 bits per heavy atom. The van der Waals surface area contributed by atoms with Crippen LogP contribution in [0.25, 0.3) is 27.6 Å². The predicted octanol–water partition coefficient (Wildman–Crippen LogP) is 5.06. The van der Waals surface area contributed by atoms with Crippen LogP contribution >= 0.6 is 11.3 Å². The largest absolute Gasteiger partial charge is 0.361 e. The molecule has 2 aromatic heterocycles. The highest BCUT2D eigenvalue weighted by molar-refractivity contribution is 7.19. The zero-order valence-corrected chi connectivity index (χ0v) is 16.9. The average Bonchev–Trinajstić information content (AvgIpc) is 3.39. The summed E-state index contributed by atoms with van der Waals surface area (Å²) < 4.78 is 6.54. The predicted molar refractivity (Wildman–Crippen MR) is 117 cm³/mol. The summed E-state index contributed by atoms with van der Waals surface area (Å²) in [6.45, 7) is 0.643. The lowest BCUT2D eigenvalue weighted by atomic mass is 10.1. The first-order chi connectivity index (χ1) is 14.2. The number of hydrogen-bond donors (Lipinski definition) is 0. The van der Waals surface area contributed by atoms with Crippen LogP contribution in [0.4, 0.5) is 0 Å². The number of thiazole rings is 1. The number of aromatic nitrogens is 2. The van der Waals surface area contributed by atoms with Gasteiger partial charge in [0.05, 0.1) is 10.2 Å². The van der Waals surface area contributed by atoms with Gasteiger partial charge in [0, 0.05) is 37.7 Å². The molecule has 0 fully saturated rings. The zero-order valence-electron chi connectivity index (χ0n) is 16.1. The topological polar surface area (TPSA) is 59.2 Å².